The molecule has 5 aromatic carbocycles. The van der Waals surface area contributed by atoms with Gasteiger partial charge in [0.15, 0.2) is 6.23 Å². The number of rotatable bonds is 3. The van der Waals surface area contributed by atoms with Crippen molar-refractivity contribution in [3.8, 4) is 29.0 Å². The van der Waals surface area contributed by atoms with Crippen LogP contribution in [0, 0.1) is 22.7 Å². The van der Waals surface area contributed by atoms with Gasteiger partial charge in [-0.2, -0.15) is 10.5 Å². The number of nitrogens with zero attached hydrogens (tertiary/aromatic N) is 4. The summed E-state index contributed by atoms with van der Waals surface area (Å²) in [5.41, 5.74) is 6.02. The molecule has 6 heteroatoms. The van der Waals surface area contributed by atoms with E-state index in [0.717, 1.165) is 21.9 Å². The van der Waals surface area contributed by atoms with Gasteiger partial charge in [-0.05, 0) is 41.5 Å². The standard InChI is InChI=1S/C34H20N4O2/c35-19-23-9-4-11-26-27-12-5-10-24(20-36)32(27)38(31(23)26)29-14-6-13-28-30(29)34(40)37(33(28)39)25-17-15-22(16-18-25)21-7-2-1-3-8-21/h1-18,33,39H. The van der Waals surface area contributed by atoms with Crippen LogP contribution in [0.15, 0.2) is 109 Å². The Balaban J connectivity index is 1.44. The Morgan fingerprint density at radius 2 is 1.23 bits per heavy atom. The van der Waals surface area contributed by atoms with Gasteiger partial charge in [-0.3, -0.25) is 9.69 Å². The summed E-state index contributed by atoms with van der Waals surface area (Å²) in [6.45, 7) is 0. The molecular weight excluding hydrogens is 496 g/mol. The summed E-state index contributed by atoms with van der Waals surface area (Å²) in [6, 6.07) is 38.2. The topological polar surface area (TPSA) is 93.0 Å². The molecule has 6 nitrogen and oxygen atoms in total. The molecule has 1 unspecified atom stereocenters. The zero-order valence-corrected chi connectivity index (χ0v) is 21.1. The average molecular weight is 517 g/mol. The highest BCUT2D eigenvalue weighted by molar-refractivity contribution is 6.16. The molecule has 1 atom stereocenters. The molecule has 6 aromatic rings. The second-order valence-electron chi connectivity index (χ2n) is 9.67. The average Bonchev–Trinajstić information content (AvgIpc) is 3.49. The van der Waals surface area contributed by atoms with Crippen molar-refractivity contribution >= 4 is 33.4 Å². The number of aliphatic hydroxyl groups is 1. The Labute approximate surface area is 229 Å². The lowest BCUT2D eigenvalue weighted by Crippen LogP contribution is -2.27. The van der Waals surface area contributed by atoms with Crippen molar-refractivity contribution < 1.29 is 9.90 Å². The van der Waals surface area contributed by atoms with Crippen molar-refractivity contribution in [1.82, 2.24) is 4.57 Å². The van der Waals surface area contributed by atoms with E-state index in [9.17, 15) is 20.4 Å². The first-order valence-corrected chi connectivity index (χ1v) is 12.8. The molecule has 1 aliphatic heterocycles. The number of fused-ring (bicyclic) bond motifs is 4. The van der Waals surface area contributed by atoms with Crippen molar-refractivity contribution in [2.24, 2.45) is 0 Å². The van der Waals surface area contributed by atoms with Crippen LogP contribution in [0.3, 0.4) is 0 Å². The molecule has 1 aromatic heterocycles. The Morgan fingerprint density at radius 3 is 1.82 bits per heavy atom. The number of nitriles is 2. The van der Waals surface area contributed by atoms with Gasteiger partial charge < -0.3 is 9.67 Å². The van der Waals surface area contributed by atoms with Crippen molar-refractivity contribution in [2.75, 3.05) is 4.90 Å². The van der Waals surface area contributed by atoms with Gasteiger partial charge in [0.2, 0.25) is 0 Å². The predicted octanol–water partition coefficient (Wildman–Crippen LogP) is 6.85. The van der Waals surface area contributed by atoms with Crippen molar-refractivity contribution in [2.45, 2.75) is 6.23 Å². The highest BCUT2D eigenvalue weighted by Gasteiger charge is 2.39. The lowest BCUT2D eigenvalue weighted by Gasteiger charge is -2.21. The van der Waals surface area contributed by atoms with Crippen LogP contribution in [-0.4, -0.2) is 15.6 Å². The maximum absolute atomic E-state index is 14.1. The van der Waals surface area contributed by atoms with Gasteiger partial charge in [-0.25, -0.2) is 0 Å². The Morgan fingerprint density at radius 1 is 0.650 bits per heavy atom. The lowest BCUT2D eigenvalue weighted by atomic mass is 10.1. The van der Waals surface area contributed by atoms with E-state index in [4.69, 9.17) is 0 Å². The molecular formula is C34H20N4O2. The van der Waals surface area contributed by atoms with Crippen molar-refractivity contribution in [3.63, 3.8) is 0 Å². The van der Waals surface area contributed by atoms with E-state index in [1.165, 1.54) is 4.90 Å². The lowest BCUT2D eigenvalue weighted by molar-refractivity contribution is 0.0935. The first kappa shape index (κ1) is 23.4. The van der Waals surface area contributed by atoms with E-state index in [-0.39, 0.29) is 5.91 Å². The third kappa shape index (κ3) is 3.28. The van der Waals surface area contributed by atoms with Crippen LogP contribution in [0.5, 0.6) is 0 Å². The summed E-state index contributed by atoms with van der Waals surface area (Å²) in [5.74, 6) is -0.357. The molecule has 0 spiro atoms. The fraction of sp³-hybridized carbons (Fsp3) is 0.0294. The number of para-hydroxylation sites is 2. The van der Waals surface area contributed by atoms with E-state index >= 15 is 0 Å². The quantitative estimate of drug-likeness (QED) is 0.279. The van der Waals surface area contributed by atoms with Gasteiger partial charge in [0, 0.05) is 22.0 Å². The number of benzene rings is 5. The predicted molar refractivity (Wildman–Crippen MR) is 154 cm³/mol. The van der Waals surface area contributed by atoms with Gasteiger partial charge in [0.25, 0.3) is 5.91 Å². The van der Waals surface area contributed by atoms with Crippen LogP contribution in [0.4, 0.5) is 5.69 Å². The number of hydrogen-bond acceptors (Lipinski definition) is 4. The van der Waals surface area contributed by atoms with E-state index in [0.29, 0.717) is 44.7 Å². The van der Waals surface area contributed by atoms with Gasteiger partial charge in [0.05, 0.1) is 33.4 Å². The van der Waals surface area contributed by atoms with Crippen molar-refractivity contribution in [3.05, 3.63) is 131 Å². The molecule has 2 heterocycles. The third-order valence-corrected chi connectivity index (χ3v) is 7.57. The van der Waals surface area contributed by atoms with Crippen LogP contribution in [0.25, 0.3) is 38.6 Å². The van der Waals surface area contributed by atoms with Gasteiger partial charge in [0.1, 0.15) is 12.1 Å². The zero-order chi connectivity index (χ0) is 27.4. The summed E-state index contributed by atoms with van der Waals surface area (Å²) in [7, 11) is 0. The highest BCUT2D eigenvalue weighted by Crippen LogP contribution is 2.42. The molecule has 0 aliphatic carbocycles. The molecule has 0 radical (unpaired) electrons. The number of amides is 1. The number of carbonyl (C=O) groups is 1. The third-order valence-electron chi connectivity index (χ3n) is 7.57. The van der Waals surface area contributed by atoms with Crippen molar-refractivity contribution in [1.29, 1.82) is 10.5 Å². The Kier molecular flexibility index (Phi) is 5.25. The molecule has 1 aliphatic rings. The Hall–Kier alpha value is -5.69. The minimum atomic E-state index is -1.19. The molecule has 0 saturated heterocycles. The number of carbonyl (C=O) groups excluding carboxylic acids is 1. The molecule has 7 rings (SSSR count). The van der Waals surface area contributed by atoms with Crippen LogP contribution < -0.4 is 4.90 Å². The van der Waals surface area contributed by atoms with Gasteiger partial charge in [-0.15, -0.1) is 0 Å². The minimum absolute atomic E-state index is 0.335. The number of aliphatic hydroxyl groups excluding tert-OH is 1. The fourth-order valence-electron chi connectivity index (χ4n) is 5.80. The minimum Gasteiger partial charge on any atom is -0.369 e. The van der Waals surface area contributed by atoms with E-state index in [1.807, 2.05) is 83.4 Å². The first-order valence-electron chi connectivity index (χ1n) is 12.8. The number of aromatic nitrogens is 1. The van der Waals surface area contributed by atoms with Crippen LogP contribution in [0.1, 0.15) is 33.3 Å². The number of anilines is 1. The Bertz CT molecular complexity index is 1990. The second-order valence-corrected chi connectivity index (χ2v) is 9.67. The van der Waals surface area contributed by atoms with E-state index in [1.54, 1.807) is 30.3 Å². The summed E-state index contributed by atoms with van der Waals surface area (Å²) in [4.78, 5) is 15.5. The van der Waals surface area contributed by atoms with E-state index in [2.05, 4.69) is 12.1 Å². The van der Waals surface area contributed by atoms with Gasteiger partial charge in [-0.1, -0.05) is 78.9 Å². The molecule has 40 heavy (non-hydrogen) atoms. The summed E-state index contributed by atoms with van der Waals surface area (Å²) >= 11 is 0. The van der Waals surface area contributed by atoms with Crippen LogP contribution >= 0.6 is 0 Å². The smallest absolute Gasteiger partial charge is 0.263 e. The maximum atomic E-state index is 14.1. The molecule has 0 fully saturated rings. The van der Waals surface area contributed by atoms with Gasteiger partial charge >= 0.3 is 0 Å². The molecule has 1 N–H and O–H groups in total. The van der Waals surface area contributed by atoms with E-state index < -0.39 is 6.23 Å². The SMILES string of the molecule is N#Cc1cccc2c3cccc(C#N)c3n(-c3cccc4c3C(=O)N(c3ccc(-c5ccccc5)cc3)C4O)c12. The molecule has 0 saturated carbocycles. The summed E-state index contributed by atoms with van der Waals surface area (Å²) in [5, 5.41) is 33.0. The second kappa shape index (κ2) is 8.96. The summed E-state index contributed by atoms with van der Waals surface area (Å²) < 4.78 is 1.83. The zero-order valence-electron chi connectivity index (χ0n) is 21.1. The largest absolute Gasteiger partial charge is 0.369 e. The summed E-state index contributed by atoms with van der Waals surface area (Å²) in [6.07, 6.45) is -1.19. The molecule has 1 amide bonds. The monoisotopic (exact) mass is 516 g/mol. The molecule has 188 valence electrons. The normalized spacial score (nSPS) is 14.3. The maximum Gasteiger partial charge on any atom is 0.263 e. The molecule has 0 bridgehead atoms. The van der Waals surface area contributed by atoms with Crippen LogP contribution in [-0.2, 0) is 0 Å². The number of hydrogen-bond donors (Lipinski definition) is 1. The fourth-order valence-corrected chi connectivity index (χ4v) is 5.80. The van der Waals surface area contributed by atoms with Crippen LogP contribution in [0.2, 0.25) is 0 Å². The first-order chi connectivity index (χ1) is 19.6. The highest BCUT2D eigenvalue weighted by atomic mass is 16.3.